The van der Waals surface area contributed by atoms with Crippen molar-refractivity contribution in [2.75, 3.05) is 4.90 Å². The Bertz CT molecular complexity index is 748. The van der Waals surface area contributed by atoms with Gasteiger partial charge < -0.3 is 4.42 Å². The molecule has 1 saturated heterocycles. The molecule has 0 aliphatic carbocycles. The molecule has 1 amide bonds. The van der Waals surface area contributed by atoms with Crippen LogP contribution in [-0.2, 0) is 4.79 Å². The van der Waals surface area contributed by atoms with Gasteiger partial charge >= 0.3 is 0 Å². The van der Waals surface area contributed by atoms with Gasteiger partial charge in [-0.3, -0.25) is 9.69 Å². The summed E-state index contributed by atoms with van der Waals surface area (Å²) in [4.78, 5) is 14.8. The Morgan fingerprint density at radius 2 is 2.10 bits per heavy atom. The first kappa shape index (κ1) is 14.1. The SMILES string of the molecule is Cc1ccc(C)c(N2C(=O)/C(=C\c3ccco3)SC2=S)c1. The Hall–Kier alpha value is -1.85. The number of nitrogens with zero attached hydrogens (tertiary/aromatic N) is 1. The summed E-state index contributed by atoms with van der Waals surface area (Å²) >= 11 is 6.67. The number of anilines is 1. The number of furan rings is 1. The van der Waals surface area contributed by atoms with Crippen molar-refractivity contribution in [3.8, 4) is 0 Å². The van der Waals surface area contributed by atoms with E-state index in [1.165, 1.54) is 11.8 Å². The number of thioether (sulfide) groups is 1. The molecule has 21 heavy (non-hydrogen) atoms. The molecule has 0 bridgehead atoms. The Labute approximate surface area is 132 Å². The van der Waals surface area contributed by atoms with E-state index in [0.717, 1.165) is 16.8 Å². The first-order chi connectivity index (χ1) is 10.1. The van der Waals surface area contributed by atoms with Crippen LogP contribution in [0, 0.1) is 13.8 Å². The highest BCUT2D eigenvalue weighted by Crippen LogP contribution is 2.37. The number of carbonyl (C=O) groups excluding carboxylic acids is 1. The summed E-state index contributed by atoms with van der Waals surface area (Å²) in [7, 11) is 0. The molecule has 3 nitrogen and oxygen atoms in total. The number of hydrogen-bond acceptors (Lipinski definition) is 4. The van der Waals surface area contributed by atoms with Crippen molar-refractivity contribution in [2.24, 2.45) is 0 Å². The second-order valence-corrected chi connectivity index (χ2v) is 6.50. The topological polar surface area (TPSA) is 33.5 Å². The molecule has 0 N–H and O–H groups in total. The van der Waals surface area contributed by atoms with Crippen LogP contribution in [0.25, 0.3) is 6.08 Å². The average Bonchev–Trinajstić information content (AvgIpc) is 3.03. The fourth-order valence-electron chi connectivity index (χ4n) is 2.14. The largest absolute Gasteiger partial charge is 0.465 e. The van der Waals surface area contributed by atoms with Gasteiger partial charge in [0, 0.05) is 6.08 Å². The molecule has 3 rings (SSSR count). The van der Waals surface area contributed by atoms with Gasteiger partial charge in [0.25, 0.3) is 5.91 Å². The minimum atomic E-state index is -0.102. The van der Waals surface area contributed by atoms with E-state index < -0.39 is 0 Å². The van der Waals surface area contributed by atoms with Crippen molar-refractivity contribution in [3.05, 3.63) is 58.4 Å². The Morgan fingerprint density at radius 3 is 2.81 bits per heavy atom. The normalized spacial score (nSPS) is 17.0. The van der Waals surface area contributed by atoms with Crippen LogP contribution in [0.5, 0.6) is 0 Å². The molecule has 0 saturated carbocycles. The molecule has 1 aromatic carbocycles. The molecule has 0 radical (unpaired) electrons. The molecule has 106 valence electrons. The number of rotatable bonds is 2. The van der Waals surface area contributed by atoms with Crippen molar-refractivity contribution >= 4 is 46.0 Å². The number of carbonyl (C=O) groups is 1. The van der Waals surface area contributed by atoms with Crippen molar-refractivity contribution < 1.29 is 9.21 Å². The minimum Gasteiger partial charge on any atom is -0.465 e. The zero-order chi connectivity index (χ0) is 15.0. The molecule has 2 heterocycles. The molecule has 0 atom stereocenters. The lowest BCUT2D eigenvalue weighted by Gasteiger charge is -2.17. The highest BCUT2D eigenvalue weighted by atomic mass is 32.2. The van der Waals surface area contributed by atoms with E-state index in [2.05, 4.69) is 0 Å². The van der Waals surface area contributed by atoms with Gasteiger partial charge in [-0.05, 0) is 43.2 Å². The minimum absolute atomic E-state index is 0.102. The van der Waals surface area contributed by atoms with E-state index in [4.69, 9.17) is 16.6 Å². The van der Waals surface area contributed by atoms with Gasteiger partial charge in [0.2, 0.25) is 0 Å². The van der Waals surface area contributed by atoms with Gasteiger partial charge in [-0.15, -0.1) is 0 Å². The molecule has 1 aliphatic rings. The highest BCUT2D eigenvalue weighted by Gasteiger charge is 2.34. The number of benzene rings is 1. The molecule has 5 heteroatoms. The quantitative estimate of drug-likeness (QED) is 0.611. The molecule has 2 aromatic rings. The van der Waals surface area contributed by atoms with E-state index in [0.29, 0.717) is 15.0 Å². The van der Waals surface area contributed by atoms with Crippen LogP contribution in [-0.4, -0.2) is 10.2 Å². The standard InChI is InChI=1S/C16H13NO2S2/c1-10-5-6-11(2)13(8-10)17-15(18)14(21-16(17)20)9-12-4-3-7-19-12/h3-9H,1-2H3/b14-9+. The van der Waals surface area contributed by atoms with Gasteiger partial charge in [-0.1, -0.05) is 36.1 Å². The Kier molecular flexibility index (Phi) is 3.69. The highest BCUT2D eigenvalue weighted by molar-refractivity contribution is 8.27. The number of amides is 1. The van der Waals surface area contributed by atoms with Crippen molar-refractivity contribution in [1.29, 1.82) is 0 Å². The van der Waals surface area contributed by atoms with Crippen LogP contribution >= 0.6 is 24.0 Å². The molecule has 0 spiro atoms. The summed E-state index contributed by atoms with van der Waals surface area (Å²) in [6.45, 7) is 3.98. The summed E-state index contributed by atoms with van der Waals surface area (Å²) in [5.41, 5.74) is 2.97. The van der Waals surface area contributed by atoms with E-state index in [-0.39, 0.29) is 5.91 Å². The first-order valence-electron chi connectivity index (χ1n) is 6.45. The smallest absolute Gasteiger partial charge is 0.270 e. The van der Waals surface area contributed by atoms with E-state index in [1.807, 2.05) is 38.1 Å². The van der Waals surface area contributed by atoms with E-state index in [1.54, 1.807) is 23.3 Å². The lowest BCUT2D eigenvalue weighted by molar-refractivity contribution is -0.113. The van der Waals surface area contributed by atoms with Gasteiger partial charge in [0.05, 0.1) is 16.9 Å². The third-order valence-electron chi connectivity index (χ3n) is 3.22. The fourth-order valence-corrected chi connectivity index (χ4v) is 3.40. The maximum atomic E-state index is 12.6. The second-order valence-electron chi connectivity index (χ2n) is 4.82. The van der Waals surface area contributed by atoms with Crippen LogP contribution < -0.4 is 4.90 Å². The molecular weight excluding hydrogens is 302 g/mol. The van der Waals surface area contributed by atoms with E-state index in [9.17, 15) is 4.79 Å². The molecule has 0 unspecified atom stereocenters. The van der Waals surface area contributed by atoms with Crippen molar-refractivity contribution in [1.82, 2.24) is 0 Å². The van der Waals surface area contributed by atoms with Gasteiger partial charge in [0.15, 0.2) is 4.32 Å². The Morgan fingerprint density at radius 1 is 1.29 bits per heavy atom. The molecular formula is C16H13NO2S2. The number of thiocarbonyl (C=S) groups is 1. The van der Waals surface area contributed by atoms with Gasteiger partial charge in [-0.2, -0.15) is 0 Å². The van der Waals surface area contributed by atoms with Crippen LogP contribution in [0.15, 0.2) is 45.9 Å². The lowest BCUT2D eigenvalue weighted by Crippen LogP contribution is -2.28. The summed E-state index contributed by atoms with van der Waals surface area (Å²) in [5.74, 6) is 0.548. The molecule has 1 aromatic heterocycles. The fraction of sp³-hybridized carbons (Fsp3) is 0.125. The Balaban J connectivity index is 2.00. The second kappa shape index (κ2) is 5.50. The predicted octanol–water partition coefficient (Wildman–Crippen LogP) is 4.30. The third-order valence-corrected chi connectivity index (χ3v) is 4.52. The van der Waals surface area contributed by atoms with Crippen molar-refractivity contribution in [3.63, 3.8) is 0 Å². The number of hydrogen-bond donors (Lipinski definition) is 0. The third kappa shape index (κ3) is 2.66. The molecule has 1 aliphatic heterocycles. The first-order valence-corrected chi connectivity index (χ1v) is 7.67. The number of aryl methyl sites for hydroxylation is 2. The lowest BCUT2D eigenvalue weighted by atomic mass is 10.1. The zero-order valence-electron chi connectivity index (χ0n) is 11.6. The van der Waals surface area contributed by atoms with Gasteiger partial charge in [0.1, 0.15) is 5.76 Å². The summed E-state index contributed by atoms with van der Waals surface area (Å²) in [5, 5.41) is 0. The monoisotopic (exact) mass is 315 g/mol. The van der Waals surface area contributed by atoms with Crippen molar-refractivity contribution in [2.45, 2.75) is 13.8 Å². The van der Waals surface area contributed by atoms with Crippen LogP contribution in [0.3, 0.4) is 0 Å². The predicted molar refractivity (Wildman–Crippen MR) is 90.3 cm³/mol. The summed E-state index contributed by atoms with van der Waals surface area (Å²) in [6.07, 6.45) is 3.31. The van der Waals surface area contributed by atoms with Crippen LogP contribution in [0.2, 0.25) is 0 Å². The van der Waals surface area contributed by atoms with E-state index >= 15 is 0 Å². The zero-order valence-corrected chi connectivity index (χ0v) is 13.3. The van der Waals surface area contributed by atoms with Gasteiger partial charge in [-0.25, -0.2) is 0 Å². The van der Waals surface area contributed by atoms with Crippen LogP contribution in [0.4, 0.5) is 5.69 Å². The maximum Gasteiger partial charge on any atom is 0.270 e. The average molecular weight is 315 g/mol. The summed E-state index contributed by atoms with van der Waals surface area (Å²) < 4.78 is 5.81. The molecule has 1 fully saturated rings. The maximum absolute atomic E-state index is 12.6. The van der Waals surface area contributed by atoms with Crippen LogP contribution in [0.1, 0.15) is 16.9 Å². The summed E-state index contributed by atoms with van der Waals surface area (Å²) in [6, 6.07) is 9.60.